The number of ketones is 1. The van der Waals surface area contributed by atoms with Crippen LogP contribution in [0.1, 0.15) is 23.9 Å². The number of carbonyl (C=O) groups excluding carboxylic acids is 1. The van der Waals surface area contributed by atoms with Crippen molar-refractivity contribution in [3.8, 4) is 0 Å². The molecule has 1 heterocycles. The standard InChI is InChI=1S/C15H17FN2O/c1-3-18-14(8-11(2)17-18)10-15(19)9-12-4-6-13(16)7-5-12/h4-8H,3,9-10H2,1-2H3. The van der Waals surface area contributed by atoms with E-state index in [0.29, 0.717) is 12.8 Å². The highest BCUT2D eigenvalue weighted by Crippen LogP contribution is 2.09. The number of rotatable bonds is 5. The Hall–Kier alpha value is -1.97. The lowest BCUT2D eigenvalue weighted by Crippen LogP contribution is -2.11. The summed E-state index contributed by atoms with van der Waals surface area (Å²) in [6, 6.07) is 7.99. The van der Waals surface area contributed by atoms with Crippen molar-refractivity contribution in [2.45, 2.75) is 33.2 Å². The minimum atomic E-state index is -0.282. The molecule has 1 aromatic heterocycles. The first kappa shape index (κ1) is 13.5. The zero-order valence-electron chi connectivity index (χ0n) is 11.2. The van der Waals surface area contributed by atoms with Gasteiger partial charge in [0.1, 0.15) is 11.6 Å². The highest BCUT2D eigenvalue weighted by Gasteiger charge is 2.10. The summed E-state index contributed by atoms with van der Waals surface area (Å²) in [6.45, 7) is 4.67. The number of Topliss-reactive ketones (excluding diaryl/α,β-unsaturated/α-hetero) is 1. The minimum absolute atomic E-state index is 0.112. The molecule has 0 aliphatic rings. The van der Waals surface area contributed by atoms with Crippen molar-refractivity contribution in [3.63, 3.8) is 0 Å². The first-order chi connectivity index (χ1) is 9.08. The third kappa shape index (κ3) is 3.50. The van der Waals surface area contributed by atoms with E-state index in [1.165, 1.54) is 12.1 Å². The molecule has 0 bridgehead atoms. The Morgan fingerprint density at radius 1 is 1.26 bits per heavy atom. The first-order valence-electron chi connectivity index (χ1n) is 6.38. The summed E-state index contributed by atoms with van der Waals surface area (Å²) >= 11 is 0. The van der Waals surface area contributed by atoms with Crippen molar-refractivity contribution >= 4 is 5.78 Å². The van der Waals surface area contributed by atoms with E-state index in [-0.39, 0.29) is 11.6 Å². The van der Waals surface area contributed by atoms with Crippen LogP contribution in [0, 0.1) is 12.7 Å². The van der Waals surface area contributed by atoms with Crippen LogP contribution in [0.4, 0.5) is 4.39 Å². The molecule has 0 spiro atoms. The fourth-order valence-corrected chi connectivity index (χ4v) is 2.11. The van der Waals surface area contributed by atoms with E-state index < -0.39 is 0 Å². The predicted octanol–water partition coefficient (Wildman–Crippen LogP) is 2.70. The quantitative estimate of drug-likeness (QED) is 0.828. The van der Waals surface area contributed by atoms with Gasteiger partial charge in [-0.15, -0.1) is 0 Å². The van der Waals surface area contributed by atoms with Crippen LogP contribution in [-0.2, 0) is 24.2 Å². The minimum Gasteiger partial charge on any atom is -0.299 e. The zero-order chi connectivity index (χ0) is 13.8. The molecule has 2 rings (SSSR count). The Morgan fingerprint density at radius 3 is 2.58 bits per heavy atom. The summed E-state index contributed by atoms with van der Waals surface area (Å²) < 4.78 is 14.6. The maximum atomic E-state index is 12.8. The van der Waals surface area contributed by atoms with Crippen LogP contribution in [0.25, 0.3) is 0 Å². The van der Waals surface area contributed by atoms with E-state index in [0.717, 1.165) is 23.5 Å². The van der Waals surface area contributed by atoms with Crippen molar-refractivity contribution < 1.29 is 9.18 Å². The number of benzene rings is 1. The maximum Gasteiger partial charge on any atom is 0.143 e. The van der Waals surface area contributed by atoms with Crippen LogP contribution in [0.15, 0.2) is 30.3 Å². The second-order valence-corrected chi connectivity index (χ2v) is 4.61. The largest absolute Gasteiger partial charge is 0.299 e. The molecule has 0 unspecified atom stereocenters. The molecule has 0 aliphatic carbocycles. The number of aromatic nitrogens is 2. The highest BCUT2D eigenvalue weighted by atomic mass is 19.1. The second-order valence-electron chi connectivity index (χ2n) is 4.61. The third-order valence-electron chi connectivity index (χ3n) is 2.98. The second kappa shape index (κ2) is 5.78. The van der Waals surface area contributed by atoms with E-state index in [1.807, 2.05) is 24.6 Å². The zero-order valence-corrected chi connectivity index (χ0v) is 11.2. The van der Waals surface area contributed by atoms with Gasteiger partial charge in [0.05, 0.1) is 5.69 Å². The van der Waals surface area contributed by atoms with E-state index >= 15 is 0 Å². The molecule has 0 fully saturated rings. The molecule has 0 aliphatic heterocycles. The molecule has 0 radical (unpaired) electrons. The van der Waals surface area contributed by atoms with Gasteiger partial charge < -0.3 is 0 Å². The van der Waals surface area contributed by atoms with E-state index in [2.05, 4.69) is 5.10 Å². The molecule has 1 aromatic carbocycles. The molecule has 4 heteroatoms. The number of hydrogen-bond donors (Lipinski definition) is 0. The summed E-state index contributed by atoms with van der Waals surface area (Å²) in [4.78, 5) is 12.0. The lowest BCUT2D eigenvalue weighted by atomic mass is 10.1. The van der Waals surface area contributed by atoms with Gasteiger partial charge in [0.2, 0.25) is 0 Å². The number of halogens is 1. The van der Waals surface area contributed by atoms with Crippen LogP contribution in [-0.4, -0.2) is 15.6 Å². The van der Waals surface area contributed by atoms with Crippen molar-refractivity contribution in [2.24, 2.45) is 0 Å². The molecule has 3 nitrogen and oxygen atoms in total. The fourth-order valence-electron chi connectivity index (χ4n) is 2.11. The Morgan fingerprint density at radius 2 is 1.95 bits per heavy atom. The molecule has 0 saturated carbocycles. The predicted molar refractivity (Wildman–Crippen MR) is 71.5 cm³/mol. The summed E-state index contributed by atoms with van der Waals surface area (Å²) in [5, 5.41) is 4.32. The lowest BCUT2D eigenvalue weighted by Gasteiger charge is -2.04. The SMILES string of the molecule is CCn1nc(C)cc1CC(=O)Cc1ccc(F)cc1. The van der Waals surface area contributed by atoms with Gasteiger partial charge in [-0.1, -0.05) is 12.1 Å². The summed E-state index contributed by atoms with van der Waals surface area (Å²) in [5.74, 6) is -0.169. The number of aryl methyl sites for hydroxylation is 2. The van der Waals surface area contributed by atoms with Gasteiger partial charge in [-0.3, -0.25) is 9.48 Å². The van der Waals surface area contributed by atoms with Gasteiger partial charge in [0.15, 0.2) is 0 Å². The molecule has 0 amide bonds. The summed E-state index contributed by atoms with van der Waals surface area (Å²) in [6.07, 6.45) is 0.695. The Labute approximate surface area is 112 Å². The topological polar surface area (TPSA) is 34.9 Å². The maximum absolute atomic E-state index is 12.8. The Balaban J connectivity index is 2.03. The average molecular weight is 260 g/mol. The van der Waals surface area contributed by atoms with Crippen LogP contribution in [0.2, 0.25) is 0 Å². The van der Waals surface area contributed by atoms with Crippen LogP contribution in [0.5, 0.6) is 0 Å². The van der Waals surface area contributed by atoms with Crippen molar-refractivity contribution in [1.29, 1.82) is 0 Å². The lowest BCUT2D eigenvalue weighted by molar-refractivity contribution is -0.117. The highest BCUT2D eigenvalue weighted by molar-refractivity contribution is 5.82. The first-order valence-corrected chi connectivity index (χ1v) is 6.38. The van der Waals surface area contributed by atoms with Crippen molar-refractivity contribution in [1.82, 2.24) is 9.78 Å². The van der Waals surface area contributed by atoms with E-state index in [9.17, 15) is 9.18 Å². The van der Waals surface area contributed by atoms with Gasteiger partial charge in [-0.25, -0.2) is 4.39 Å². The third-order valence-corrected chi connectivity index (χ3v) is 2.98. The van der Waals surface area contributed by atoms with Crippen molar-refractivity contribution in [3.05, 3.63) is 53.1 Å². The number of hydrogen-bond acceptors (Lipinski definition) is 2. The van der Waals surface area contributed by atoms with Crippen LogP contribution < -0.4 is 0 Å². The van der Waals surface area contributed by atoms with Gasteiger partial charge in [0, 0.05) is 25.1 Å². The van der Waals surface area contributed by atoms with Crippen LogP contribution >= 0.6 is 0 Å². The molecule has 100 valence electrons. The van der Waals surface area contributed by atoms with Crippen LogP contribution in [0.3, 0.4) is 0 Å². The molecular weight excluding hydrogens is 243 g/mol. The summed E-state index contributed by atoms with van der Waals surface area (Å²) in [7, 11) is 0. The Kier molecular flexibility index (Phi) is 4.10. The van der Waals surface area contributed by atoms with Crippen molar-refractivity contribution in [2.75, 3.05) is 0 Å². The van der Waals surface area contributed by atoms with Gasteiger partial charge in [-0.2, -0.15) is 5.10 Å². The summed E-state index contributed by atoms with van der Waals surface area (Å²) in [5.41, 5.74) is 2.70. The molecule has 2 aromatic rings. The van der Waals surface area contributed by atoms with Gasteiger partial charge >= 0.3 is 0 Å². The van der Waals surface area contributed by atoms with Gasteiger partial charge in [-0.05, 0) is 37.6 Å². The normalized spacial score (nSPS) is 10.7. The van der Waals surface area contributed by atoms with E-state index in [1.54, 1.807) is 12.1 Å². The monoisotopic (exact) mass is 260 g/mol. The molecule has 19 heavy (non-hydrogen) atoms. The molecule has 0 N–H and O–H groups in total. The molecule has 0 atom stereocenters. The smallest absolute Gasteiger partial charge is 0.143 e. The fraction of sp³-hybridized carbons (Fsp3) is 0.333. The van der Waals surface area contributed by atoms with E-state index in [4.69, 9.17) is 0 Å². The molecule has 0 saturated heterocycles. The molecular formula is C15H17FN2O. The number of nitrogens with zero attached hydrogens (tertiary/aromatic N) is 2. The van der Waals surface area contributed by atoms with Gasteiger partial charge in [0.25, 0.3) is 0 Å². The number of carbonyl (C=O) groups is 1. The Bertz CT molecular complexity index is 572. The average Bonchev–Trinajstić information content (AvgIpc) is 2.72.